The molecule has 0 radical (unpaired) electrons. The first-order chi connectivity index (χ1) is 22.6. The second kappa shape index (κ2) is 8.97. The molecule has 1 spiro atoms. The van der Waals surface area contributed by atoms with Crippen LogP contribution < -0.4 is 26.2 Å². The first-order valence-electron chi connectivity index (χ1n) is 17.8. The monoisotopic (exact) mass is 594 g/mol. The maximum atomic E-state index is 2.70. The maximum absolute atomic E-state index is 2.70. The third-order valence-electron chi connectivity index (χ3n) is 13.2. The summed E-state index contributed by atoms with van der Waals surface area (Å²) in [6.07, 6.45) is 8.14. The average molecular weight is 595 g/mol. The normalized spacial score (nSPS) is 27.0. The SMILES string of the molecule is CCc1cccc(N2c3ccc(C)cc3B3c4cccc5c4N(c4ccccc4C54C5CC6CC(C5)CC4C6)c4cccc2c43)c1. The molecule has 3 heterocycles. The van der Waals surface area contributed by atoms with Crippen molar-refractivity contribution in [2.75, 3.05) is 9.80 Å². The fourth-order valence-corrected chi connectivity index (χ4v) is 11.9. The first kappa shape index (κ1) is 25.9. The zero-order valence-electron chi connectivity index (χ0n) is 26.8. The van der Waals surface area contributed by atoms with Crippen LogP contribution >= 0.6 is 0 Å². The quantitative estimate of drug-likeness (QED) is 0.185. The smallest absolute Gasteiger partial charge is 0.252 e. The van der Waals surface area contributed by atoms with E-state index in [0.717, 1.165) is 30.1 Å². The molecule has 12 rings (SSSR count). The van der Waals surface area contributed by atoms with Crippen molar-refractivity contribution in [3.05, 3.63) is 125 Å². The predicted octanol–water partition coefficient (Wildman–Crippen LogP) is 8.70. The number of aryl methyl sites for hydroxylation is 2. The van der Waals surface area contributed by atoms with E-state index < -0.39 is 0 Å². The Morgan fingerprint density at radius 3 is 2.13 bits per heavy atom. The Hall–Kier alpha value is -4.24. The summed E-state index contributed by atoms with van der Waals surface area (Å²) >= 11 is 0. The van der Waals surface area contributed by atoms with Gasteiger partial charge in [0.05, 0.1) is 5.69 Å². The number of anilines is 6. The molecule has 0 saturated heterocycles. The molecule has 3 aliphatic heterocycles. The van der Waals surface area contributed by atoms with Crippen LogP contribution in [0.5, 0.6) is 0 Å². The molecule has 0 aromatic heterocycles. The summed E-state index contributed by atoms with van der Waals surface area (Å²) in [5.74, 6) is 3.36. The minimum atomic E-state index is 0.123. The van der Waals surface area contributed by atoms with E-state index in [4.69, 9.17) is 0 Å². The molecule has 5 aromatic carbocycles. The van der Waals surface area contributed by atoms with Crippen molar-refractivity contribution >= 4 is 57.2 Å². The molecule has 224 valence electrons. The van der Waals surface area contributed by atoms with Gasteiger partial charge in [-0.25, -0.2) is 0 Å². The molecular weight excluding hydrogens is 555 g/mol. The van der Waals surface area contributed by atoms with Crippen molar-refractivity contribution in [2.24, 2.45) is 23.7 Å². The number of fused-ring (bicyclic) bond motifs is 6. The van der Waals surface area contributed by atoms with Crippen molar-refractivity contribution in [3.63, 3.8) is 0 Å². The van der Waals surface area contributed by atoms with Gasteiger partial charge in [0.2, 0.25) is 0 Å². The van der Waals surface area contributed by atoms with Crippen molar-refractivity contribution < 1.29 is 0 Å². The van der Waals surface area contributed by atoms with Crippen LogP contribution in [0.3, 0.4) is 0 Å². The molecule has 4 saturated carbocycles. The fourth-order valence-electron chi connectivity index (χ4n) is 11.9. The Morgan fingerprint density at radius 2 is 1.33 bits per heavy atom. The number of hydrogen-bond acceptors (Lipinski definition) is 2. The molecule has 0 amide bonds. The highest BCUT2D eigenvalue weighted by Gasteiger charge is 2.62. The van der Waals surface area contributed by atoms with E-state index in [9.17, 15) is 0 Å². The summed E-state index contributed by atoms with van der Waals surface area (Å²) < 4.78 is 0. The molecular formula is C43H39BN2. The van der Waals surface area contributed by atoms with Crippen molar-refractivity contribution in [3.8, 4) is 0 Å². The van der Waals surface area contributed by atoms with Gasteiger partial charge >= 0.3 is 0 Å². The highest BCUT2D eigenvalue weighted by molar-refractivity contribution is 7.00. The molecule has 46 heavy (non-hydrogen) atoms. The Labute approximate surface area is 273 Å². The van der Waals surface area contributed by atoms with Crippen LogP contribution in [0, 0.1) is 30.6 Å². The third-order valence-corrected chi connectivity index (χ3v) is 13.2. The van der Waals surface area contributed by atoms with E-state index in [0.29, 0.717) is 0 Å². The Bertz CT molecular complexity index is 2080. The highest BCUT2D eigenvalue weighted by atomic mass is 15.2. The first-order valence-corrected chi connectivity index (χ1v) is 17.8. The second-order valence-electron chi connectivity index (χ2n) is 15.3. The van der Waals surface area contributed by atoms with Gasteiger partial charge < -0.3 is 9.80 Å². The number of hydrogen-bond donors (Lipinski definition) is 0. The van der Waals surface area contributed by atoms with Crippen LogP contribution in [-0.2, 0) is 11.8 Å². The number of nitrogens with zero attached hydrogens (tertiary/aromatic N) is 2. The van der Waals surface area contributed by atoms with E-state index in [1.54, 1.807) is 11.1 Å². The highest BCUT2D eigenvalue weighted by Crippen LogP contribution is 2.69. The van der Waals surface area contributed by atoms with Gasteiger partial charge in [-0.1, -0.05) is 79.2 Å². The minimum absolute atomic E-state index is 0.123. The van der Waals surface area contributed by atoms with Gasteiger partial charge in [-0.3, -0.25) is 0 Å². The van der Waals surface area contributed by atoms with Gasteiger partial charge in [-0.05, 0) is 139 Å². The summed E-state index contributed by atoms with van der Waals surface area (Å²) in [6, 6.07) is 40.5. The Balaban J connectivity index is 1.23. The molecule has 0 unspecified atom stereocenters. The maximum Gasteiger partial charge on any atom is 0.252 e. The van der Waals surface area contributed by atoms with Gasteiger partial charge in [-0.15, -0.1) is 0 Å². The summed E-state index contributed by atoms with van der Waals surface area (Å²) in [5, 5.41) is 0. The lowest BCUT2D eigenvalue weighted by Crippen LogP contribution is -2.64. The average Bonchev–Trinajstić information content (AvgIpc) is 3.08. The zero-order chi connectivity index (χ0) is 30.3. The summed E-state index contributed by atoms with van der Waals surface area (Å²) in [5.41, 5.74) is 18.6. The number of rotatable bonds is 2. The van der Waals surface area contributed by atoms with E-state index in [-0.39, 0.29) is 12.1 Å². The molecule has 4 bridgehead atoms. The lowest BCUT2D eigenvalue weighted by molar-refractivity contribution is -0.0419. The van der Waals surface area contributed by atoms with Crippen molar-refractivity contribution in [1.29, 1.82) is 0 Å². The fraction of sp³-hybridized carbons (Fsp3) is 0.302. The van der Waals surface area contributed by atoms with Crippen LogP contribution in [0.1, 0.15) is 61.3 Å². The van der Waals surface area contributed by atoms with E-state index in [1.807, 2.05) is 0 Å². The molecule has 3 heteroatoms. The predicted molar refractivity (Wildman–Crippen MR) is 192 cm³/mol. The van der Waals surface area contributed by atoms with Gasteiger partial charge in [0, 0.05) is 33.9 Å². The van der Waals surface area contributed by atoms with Crippen LogP contribution in [0.2, 0.25) is 0 Å². The summed E-state index contributed by atoms with van der Waals surface area (Å²) in [7, 11) is 0. The number of benzene rings is 5. The standard InChI is InChI=1S/C43H39BN2/c1-3-27-9-6-10-32(25-27)45-38-18-17-26(2)19-36(38)44-35-13-7-12-34-42(35)46(40-16-8-15-39(45)41(40)44)37-14-5-4-11-33(37)43(34)30-21-28-20-29(23-30)24-31(43)22-28/h4-19,25,28-31H,3,20-24H2,1-2H3. The minimum Gasteiger partial charge on any atom is -0.311 e. The van der Waals surface area contributed by atoms with Gasteiger partial charge in [0.15, 0.2) is 0 Å². The van der Waals surface area contributed by atoms with Crippen molar-refractivity contribution in [1.82, 2.24) is 0 Å². The molecule has 0 atom stereocenters. The molecule has 4 fully saturated rings. The summed E-state index contributed by atoms with van der Waals surface area (Å²) in [4.78, 5) is 5.25. The Kier molecular flexibility index (Phi) is 5.05. The molecule has 2 nitrogen and oxygen atoms in total. The van der Waals surface area contributed by atoms with E-state index in [1.165, 1.54) is 93.7 Å². The van der Waals surface area contributed by atoms with Gasteiger partial charge in [0.25, 0.3) is 6.71 Å². The van der Waals surface area contributed by atoms with Gasteiger partial charge in [0.1, 0.15) is 0 Å². The molecule has 5 aromatic rings. The largest absolute Gasteiger partial charge is 0.311 e. The van der Waals surface area contributed by atoms with Crippen LogP contribution in [0.25, 0.3) is 0 Å². The molecule has 4 aliphatic carbocycles. The topological polar surface area (TPSA) is 6.48 Å². The number of para-hydroxylation sites is 2. The second-order valence-corrected chi connectivity index (χ2v) is 15.3. The van der Waals surface area contributed by atoms with Crippen LogP contribution in [0.15, 0.2) is 103 Å². The van der Waals surface area contributed by atoms with E-state index >= 15 is 0 Å². The molecule has 0 N–H and O–H groups in total. The van der Waals surface area contributed by atoms with Crippen LogP contribution in [0.4, 0.5) is 34.1 Å². The van der Waals surface area contributed by atoms with Crippen molar-refractivity contribution in [2.45, 2.75) is 57.8 Å². The van der Waals surface area contributed by atoms with Crippen LogP contribution in [-0.4, -0.2) is 6.71 Å². The zero-order valence-corrected chi connectivity index (χ0v) is 26.8. The lowest BCUT2D eigenvalue weighted by Gasteiger charge is -2.64. The lowest BCUT2D eigenvalue weighted by atomic mass is 9.32. The molecule has 7 aliphatic rings. The summed E-state index contributed by atoms with van der Waals surface area (Å²) in [6.45, 7) is 4.72. The van der Waals surface area contributed by atoms with E-state index in [2.05, 4.69) is 127 Å². The van der Waals surface area contributed by atoms with Gasteiger partial charge in [-0.2, -0.15) is 0 Å². The Morgan fingerprint density at radius 1 is 0.630 bits per heavy atom. The third kappa shape index (κ3) is 3.06.